The van der Waals surface area contributed by atoms with E-state index < -0.39 is 0 Å². The minimum atomic E-state index is -0.283. The van der Waals surface area contributed by atoms with Gasteiger partial charge < -0.3 is 15.2 Å². The van der Waals surface area contributed by atoms with Gasteiger partial charge in [-0.25, -0.2) is 4.98 Å². The highest BCUT2D eigenvalue weighted by molar-refractivity contribution is 6.30. The van der Waals surface area contributed by atoms with E-state index in [1.165, 1.54) is 10.8 Å². The van der Waals surface area contributed by atoms with E-state index in [9.17, 15) is 9.59 Å². The van der Waals surface area contributed by atoms with Gasteiger partial charge in [0.1, 0.15) is 11.5 Å². The van der Waals surface area contributed by atoms with Crippen molar-refractivity contribution < 1.29 is 14.6 Å². The zero-order valence-electron chi connectivity index (χ0n) is 19.5. The van der Waals surface area contributed by atoms with Crippen LogP contribution in [0.1, 0.15) is 30.2 Å². The second-order valence-electron chi connectivity index (χ2n) is 7.97. The van der Waals surface area contributed by atoms with Crippen LogP contribution in [0, 0.1) is 0 Å². The largest absolute Gasteiger partial charge is 0.438 e. The molecular weight excluding hydrogens is 482 g/mol. The SMILES string of the molecule is CCC(=O)Cc1cnc(Nc2ccc(Oc3ccc(CO)nn3)cc2)n(Cc2ccc(Cl)cc2)c1=O. The average molecular weight is 506 g/mol. The molecule has 2 aromatic heterocycles. The highest BCUT2D eigenvalue weighted by Gasteiger charge is 2.14. The van der Waals surface area contributed by atoms with Crippen LogP contribution in [0.5, 0.6) is 11.6 Å². The molecule has 36 heavy (non-hydrogen) atoms. The number of carbonyl (C=O) groups excluding carboxylic acids is 1. The van der Waals surface area contributed by atoms with E-state index in [0.29, 0.717) is 46.0 Å². The fraction of sp³-hybridized carbons (Fsp3) is 0.192. The Hall–Kier alpha value is -4.08. The Morgan fingerprint density at radius 2 is 1.81 bits per heavy atom. The van der Waals surface area contributed by atoms with E-state index in [2.05, 4.69) is 20.5 Å². The number of benzene rings is 2. The van der Waals surface area contributed by atoms with Crippen LogP contribution >= 0.6 is 11.6 Å². The van der Waals surface area contributed by atoms with E-state index in [1.54, 1.807) is 55.5 Å². The summed E-state index contributed by atoms with van der Waals surface area (Å²) >= 11 is 6.00. The fourth-order valence-corrected chi connectivity index (χ4v) is 3.48. The molecule has 0 aliphatic carbocycles. The van der Waals surface area contributed by atoms with Crippen LogP contribution in [0.3, 0.4) is 0 Å². The summed E-state index contributed by atoms with van der Waals surface area (Å²) < 4.78 is 7.19. The zero-order chi connectivity index (χ0) is 25.5. The predicted octanol–water partition coefficient (Wildman–Crippen LogP) is 4.28. The normalized spacial score (nSPS) is 10.8. The van der Waals surface area contributed by atoms with Gasteiger partial charge in [-0.1, -0.05) is 30.7 Å². The van der Waals surface area contributed by atoms with Crippen LogP contribution in [0.2, 0.25) is 5.02 Å². The van der Waals surface area contributed by atoms with Gasteiger partial charge in [-0.15, -0.1) is 10.2 Å². The van der Waals surface area contributed by atoms with Gasteiger partial charge in [-0.3, -0.25) is 14.2 Å². The number of anilines is 2. The molecule has 2 aromatic carbocycles. The third kappa shape index (κ3) is 6.32. The molecule has 0 amide bonds. The topological polar surface area (TPSA) is 119 Å². The molecule has 10 heteroatoms. The van der Waals surface area contributed by atoms with E-state index in [4.69, 9.17) is 21.4 Å². The van der Waals surface area contributed by atoms with Crippen molar-refractivity contribution >= 4 is 29.0 Å². The highest BCUT2D eigenvalue weighted by Crippen LogP contribution is 2.23. The molecule has 0 unspecified atom stereocenters. The van der Waals surface area contributed by atoms with Crippen molar-refractivity contribution in [2.24, 2.45) is 0 Å². The van der Waals surface area contributed by atoms with Gasteiger partial charge in [0.15, 0.2) is 0 Å². The van der Waals surface area contributed by atoms with Crippen molar-refractivity contribution in [3.05, 3.63) is 99.1 Å². The van der Waals surface area contributed by atoms with Gasteiger partial charge >= 0.3 is 0 Å². The molecule has 0 atom stereocenters. The number of aliphatic hydroxyl groups is 1. The number of aromatic nitrogens is 4. The molecule has 0 saturated heterocycles. The maximum absolute atomic E-state index is 13.3. The molecule has 184 valence electrons. The lowest BCUT2D eigenvalue weighted by Crippen LogP contribution is -2.28. The molecule has 4 aromatic rings. The van der Waals surface area contributed by atoms with E-state index in [-0.39, 0.29) is 30.9 Å². The van der Waals surface area contributed by atoms with E-state index in [1.807, 2.05) is 12.1 Å². The van der Waals surface area contributed by atoms with Crippen LogP contribution in [0.25, 0.3) is 0 Å². The number of hydrogen-bond acceptors (Lipinski definition) is 8. The van der Waals surface area contributed by atoms with Gasteiger partial charge in [-0.05, 0) is 48.0 Å². The molecule has 2 N–H and O–H groups in total. The number of nitrogens with zero attached hydrogens (tertiary/aromatic N) is 4. The molecule has 0 aliphatic heterocycles. The van der Waals surface area contributed by atoms with Crippen LogP contribution in [0.15, 0.2) is 71.7 Å². The van der Waals surface area contributed by atoms with Crippen molar-refractivity contribution in [1.82, 2.24) is 19.7 Å². The maximum Gasteiger partial charge on any atom is 0.258 e. The number of nitrogens with one attached hydrogen (secondary N) is 1. The summed E-state index contributed by atoms with van der Waals surface area (Å²) in [6.07, 6.45) is 1.84. The van der Waals surface area contributed by atoms with Gasteiger partial charge in [0, 0.05) is 41.4 Å². The lowest BCUT2D eigenvalue weighted by atomic mass is 10.1. The highest BCUT2D eigenvalue weighted by atomic mass is 35.5. The zero-order valence-corrected chi connectivity index (χ0v) is 20.3. The van der Waals surface area contributed by atoms with E-state index in [0.717, 1.165) is 5.56 Å². The molecule has 0 spiro atoms. The van der Waals surface area contributed by atoms with Crippen molar-refractivity contribution in [2.75, 3.05) is 5.32 Å². The molecule has 0 saturated carbocycles. The second-order valence-corrected chi connectivity index (χ2v) is 8.40. The van der Waals surface area contributed by atoms with E-state index >= 15 is 0 Å². The lowest BCUT2D eigenvalue weighted by molar-refractivity contribution is -0.118. The van der Waals surface area contributed by atoms with Crippen molar-refractivity contribution in [1.29, 1.82) is 0 Å². The van der Waals surface area contributed by atoms with Crippen molar-refractivity contribution in [3.8, 4) is 11.6 Å². The monoisotopic (exact) mass is 505 g/mol. The number of halogens is 1. The first-order valence-corrected chi connectivity index (χ1v) is 11.7. The first kappa shape index (κ1) is 25.0. The van der Waals surface area contributed by atoms with Crippen LogP contribution < -0.4 is 15.6 Å². The molecule has 0 fully saturated rings. The molecule has 0 aliphatic rings. The number of Topliss-reactive ketones (excluding diaryl/α,β-unsaturated/α-hetero) is 1. The molecule has 9 nitrogen and oxygen atoms in total. The smallest absolute Gasteiger partial charge is 0.258 e. The third-order valence-electron chi connectivity index (χ3n) is 5.34. The summed E-state index contributed by atoms with van der Waals surface area (Å²) in [4.78, 5) is 29.7. The Morgan fingerprint density at radius 3 is 2.44 bits per heavy atom. The molecule has 2 heterocycles. The number of rotatable bonds is 10. The Morgan fingerprint density at radius 1 is 1.06 bits per heavy atom. The van der Waals surface area contributed by atoms with Crippen LogP contribution in [-0.2, 0) is 24.4 Å². The molecule has 4 rings (SSSR count). The van der Waals surface area contributed by atoms with Crippen LogP contribution in [0.4, 0.5) is 11.6 Å². The Bertz CT molecular complexity index is 1390. The number of carbonyl (C=O) groups is 1. The van der Waals surface area contributed by atoms with Crippen molar-refractivity contribution in [3.63, 3.8) is 0 Å². The fourth-order valence-electron chi connectivity index (χ4n) is 3.35. The minimum absolute atomic E-state index is 0.0288. The summed E-state index contributed by atoms with van der Waals surface area (Å²) in [5, 5.41) is 20.6. The predicted molar refractivity (Wildman–Crippen MR) is 136 cm³/mol. The molecule has 0 radical (unpaired) electrons. The first-order valence-electron chi connectivity index (χ1n) is 11.3. The van der Waals surface area contributed by atoms with Crippen molar-refractivity contribution in [2.45, 2.75) is 32.9 Å². The number of ketones is 1. The third-order valence-corrected chi connectivity index (χ3v) is 5.60. The number of ether oxygens (including phenoxy) is 1. The maximum atomic E-state index is 13.3. The standard InChI is InChI=1S/C26H24ClN5O4/c1-2-22(34)13-18-14-28-26(32(25(18)35)15-17-3-5-19(27)6-4-17)29-20-7-10-23(11-8-20)36-24-12-9-21(16-33)30-31-24/h3-12,14,33H,2,13,15-16H2,1H3,(H,28,29). The summed E-state index contributed by atoms with van der Waals surface area (Å²) in [6, 6.07) is 17.5. The Labute approximate surface area is 212 Å². The summed E-state index contributed by atoms with van der Waals surface area (Å²) in [7, 11) is 0. The van der Waals surface area contributed by atoms with Gasteiger partial charge in [-0.2, -0.15) is 0 Å². The van der Waals surface area contributed by atoms with Gasteiger partial charge in [0.2, 0.25) is 11.8 Å². The summed E-state index contributed by atoms with van der Waals surface area (Å²) in [6.45, 7) is 1.83. The lowest BCUT2D eigenvalue weighted by Gasteiger charge is -2.15. The second kappa shape index (κ2) is 11.6. The number of aliphatic hydroxyl groups excluding tert-OH is 1. The Balaban J connectivity index is 1.57. The average Bonchev–Trinajstić information content (AvgIpc) is 2.90. The summed E-state index contributed by atoms with van der Waals surface area (Å²) in [5.74, 6) is 1.14. The first-order chi connectivity index (χ1) is 17.4. The number of hydrogen-bond donors (Lipinski definition) is 2. The molecule has 0 bridgehead atoms. The quantitative estimate of drug-likeness (QED) is 0.327. The van der Waals surface area contributed by atoms with Crippen LogP contribution in [-0.4, -0.2) is 30.6 Å². The summed E-state index contributed by atoms with van der Waals surface area (Å²) in [5.41, 5.74) is 2.05. The molecular formula is C26H24ClN5O4. The van der Waals surface area contributed by atoms with Gasteiger partial charge in [0.05, 0.1) is 18.8 Å². The van der Waals surface area contributed by atoms with Gasteiger partial charge in [0.25, 0.3) is 5.56 Å². The minimum Gasteiger partial charge on any atom is -0.438 e. The Kier molecular flexibility index (Phi) is 8.04.